The van der Waals surface area contributed by atoms with E-state index in [9.17, 15) is 0 Å². The Bertz CT molecular complexity index is 2930. The average Bonchev–Trinajstić information content (AvgIpc) is 3.85. The molecule has 3 nitrogen and oxygen atoms in total. The van der Waals surface area contributed by atoms with E-state index >= 15 is 0 Å². The lowest BCUT2D eigenvalue weighted by molar-refractivity contribution is 0.361. The van der Waals surface area contributed by atoms with Crippen molar-refractivity contribution < 1.29 is 9.47 Å². The van der Waals surface area contributed by atoms with Crippen LogP contribution in [0.3, 0.4) is 0 Å². The lowest BCUT2D eigenvalue weighted by Gasteiger charge is -2.32. The molecule has 8 aromatic carbocycles. The molecule has 1 spiro atoms. The monoisotopic (exact) mass is 695 g/mol. The molecule has 9 aromatic rings. The summed E-state index contributed by atoms with van der Waals surface area (Å²) in [7, 11) is 0. The number of para-hydroxylation sites is 2. The van der Waals surface area contributed by atoms with Gasteiger partial charge in [0.05, 0.1) is 16.8 Å². The normalized spacial score (nSPS) is 13.7. The van der Waals surface area contributed by atoms with Crippen molar-refractivity contribution in [1.29, 1.82) is 0 Å². The molecule has 0 unspecified atom stereocenters. The fourth-order valence-corrected chi connectivity index (χ4v) is 10.5. The summed E-state index contributed by atoms with van der Waals surface area (Å²) >= 11 is 1.83. The molecule has 248 valence electrons. The molecule has 0 bridgehead atoms. The molecule has 0 fully saturated rings. The highest BCUT2D eigenvalue weighted by molar-refractivity contribution is 7.26. The molecule has 53 heavy (non-hydrogen) atoms. The molecule has 12 rings (SSSR count). The maximum absolute atomic E-state index is 7.11. The first-order valence-electron chi connectivity index (χ1n) is 18.0. The van der Waals surface area contributed by atoms with Gasteiger partial charge < -0.3 is 14.4 Å². The van der Waals surface area contributed by atoms with Gasteiger partial charge in [0, 0.05) is 31.4 Å². The van der Waals surface area contributed by atoms with Gasteiger partial charge in [0.2, 0.25) is 0 Å². The van der Waals surface area contributed by atoms with Crippen molar-refractivity contribution in [3.63, 3.8) is 0 Å². The lowest BCUT2D eigenvalue weighted by atomic mass is 9.70. The number of nitrogens with zero attached hydrogens (tertiary/aromatic N) is 1. The van der Waals surface area contributed by atoms with Gasteiger partial charge in [-0.25, -0.2) is 0 Å². The number of anilines is 3. The summed E-state index contributed by atoms with van der Waals surface area (Å²) in [5.41, 5.74) is 12.5. The highest BCUT2D eigenvalue weighted by atomic mass is 32.1. The van der Waals surface area contributed by atoms with E-state index < -0.39 is 5.41 Å². The molecular weight excluding hydrogens is 667 g/mol. The molecule has 3 aliphatic rings. The molecular formula is C49H29NO2S. The molecule has 0 saturated carbocycles. The van der Waals surface area contributed by atoms with Crippen LogP contribution in [0, 0.1) is 0 Å². The van der Waals surface area contributed by atoms with Crippen molar-refractivity contribution in [3.8, 4) is 45.3 Å². The van der Waals surface area contributed by atoms with Crippen molar-refractivity contribution in [2.24, 2.45) is 0 Å². The standard InChI is InChI=1S/C49H29NO2S/c1-2-14-30(15-3-1)50(39-23-13-27-44-46(39)34-19-7-11-26-43(34)53-44)40-24-12-25-41-47(40)51-42-29-28-38-45(48(42)52-41)33-18-6-10-22-37(33)49(38)35-20-8-4-16-31(35)32-17-5-9-21-36(32)49/h1-29H. The molecule has 1 aliphatic heterocycles. The molecule has 4 heteroatoms. The first-order chi connectivity index (χ1) is 26.3. The number of rotatable bonds is 3. The maximum Gasteiger partial charge on any atom is 0.194 e. The minimum Gasteiger partial charge on any atom is -0.449 e. The van der Waals surface area contributed by atoms with Crippen molar-refractivity contribution in [1.82, 2.24) is 0 Å². The van der Waals surface area contributed by atoms with Crippen molar-refractivity contribution in [3.05, 3.63) is 198 Å². The maximum atomic E-state index is 7.11. The van der Waals surface area contributed by atoms with Crippen molar-refractivity contribution >= 4 is 48.6 Å². The van der Waals surface area contributed by atoms with Crippen molar-refractivity contribution in [2.45, 2.75) is 5.41 Å². The zero-order chi connectivity index (χ0) is 34.7. The number of thiophene rings is 1. The second-order valence-corrected chi connectivity index (χ2v) is 15.0. The van der Waals surface area contributed by atoms with E-state index in [-0.39, 0.29) is 0 Å². The summed E-state index contributed by atoms with van der Waals surface area (Å²) in [5, 5.41) is 2.47. The van der Waals surface area contributed by atoms with Crippen LogP contribution in [0.15, 0.2) is 176 Å². The van der Waals surface area contributed by atoms with Crippen LogP contribution in [-0.4, -0.2) is 0 Å². The fraction of sp³-hybridized carbons (Fsp3) is 0.0204. The molecule has 0 radical (unpaired) electrons. The Kier molecular flexibility index (Phi) is 5.86. The predicted molar refractivity (Wildman–Crippen MR) is 217 cm³/mol. The van der Waals surface area contributed by atoms with Gasteiger partial charge in [0.25, 0.3) is 0 Å². The predicted octanol–water partition coefficient (Wildman–Crippen LogP) is 13.8. The highest BCUT2D eigenvalue weighted by Crippen LogP contribution is 2.67. The van der Waals surface area contributed by atoms with Gasteiger partial charge >= 0.3 is 0 Å². The Balaban J connectivity index is 1.07. The van der Waals surface area contributed by atoms with E-state index in [2.05, 4.69) is 175 Å². The van der Waals surface area contributed by atoms with Crippen LogP contribution < -0.4 is 14.4 Å². The molecule has 1 aromatic heterocycles. The van der Waals surface area contributed by atoms with E-state index in [1.165, 1.54) is 59.1 Å². The average molecular weight is 696 g/mol. The third kappa shape index (κ3) is 3.78. The van der Waals surface area contributed by atoms with Crippen LogP contribution in [0.5, 0.6) is 23.0 Å². The SMILES string of the molecule is c1ccc(N(c2cccc3c2Oc2ccc4c(c2O3)-c2ccccc2C42c3ccccc3-c3ccccc32)c2cccc3sc4ccccc4c23)cc1. The highest BCUT2D eigenvalue weighted by Gasteiger charge is 2.53. The largest absolute Gasteiger partial charge is 0.449 e. The number of ether oxygens (including phenoxy) is 2. The Hall–Kier alpha value is -6.62. The molecule has 0 atom stereocenters. The van der Waals surface area contributed by atoms with Gasteiger partial charge in [-0.3, -0.25) is 0 Å². The third-order valence-corrected chi connectivity index (χ3v) is 12.5. The van der Waals surface area contributed by atoms with Gasteiger partial charge in [0.15, 0.2) is 23.0 Å². The van der Waals surface area contributed by atoms with Gasteiger partial charge in [-0.1, -0.05) is 127 Å². The Labute approximate surface area is 310 Å². The number of fused-ring (bicyclic) bond motifs is 16. The molecule has 0 amide bonds. The quantitative estimate of drug-likeness (QED) is 0.184. The summed E-state index contributed by atoms with van der Waals surface area (Å²) in [6, 6.07) is 63.0. The van der Waals surface area contributed by atoms with Gasteiger partial charge in [-0.05, 0) is 87.5 Å². The lowest BCUT2D eigenvalue weighted by Crippen LogP contribution is -2.25. The van der Waals surface area contributed by atoms with E-state index in [0.29, 0.717) is 17.2 Å². The van der Waals surface area contributed by atoms with E-state index in [1.54, 1.807) is 0 Å². The molecule has 0 N–H and O–H groups in total. The number of hydrogen-bond acceptors (Lipinski definition) is 4. The number of hydrogen-bond donors (Lipinski definition) is 0. The Morgan fingerprint density at radius 3 is 1.79 bits per heavy atom. The zero-order valence-corrected chi connectivity index (χ0v) is 29.2. The van der Waals surface area contributed by atoms with Crippen LogP contribution in [0.1, 0.15) is 22.3 Å². The first-order valence-corrected chi connectivity index (χ1v) is 18.8. The Morgan fingerprint density at radius 1 is 0.415 bits per heavy atom. The molecule has 2 aliphatic carbocycles. The summed E-state index contributed by atoms with van der Waals surface area (Å²) in [6.07, 6.45) is 0. The van der Waals surface area contributed by atoms with Crippen LogP contribution in [-0.2, 0) is 5.41 Å². The van der Waals surface area contributed by atoms with Gasteiger partial charge in [-0.15, -0.1) is 11.3 Å². The number of benzene rings is 8. The van der Waals surface area contributed by atoms with Crippen LogP contribution in [0.4, 0.5) is 17.1 Å². The van der Waals surface area contributed by atoms with Gasteiger partial charge in [-0.2, -0.15) is 0 Å². The van der Waals surface area contributed by atoms with Crippen LogP contribution >= 0.6 is 11.3 Å². The summed E-state index contributed by atoms with van der Waals surface area (Å²) in [4.78, 5) is 2.32. The second-order valence-electron chi connectivity index (χ2n) is 13.9. The first kappa shape index (κ1) is 29.0. The van der Waals surface area contributed by atoms with E-state index in [0.717, 1.165) is 28.4 Å². The zero-order valence-electron chi connectivity index (χ0n) is 28.4. The second kappa shape index (κ2) is 10.7. The summed E-state index contributed by atoms with van der Waals surface area (Å²) in [5.74, 6) is 2.85. The van der Waals surface area contributed by atoms with Crippen molar-refractivity contribution in [2.75, 3.05) is 4.90 Å². The molecule has 2 heterocycles. The summed E-state index contributed by atoms with van der Waals surface area (Å²) in [6.45, 7) is 0. The Morgan fingerprint density at radius 2 is 1.00 bits per heavy atom. The third-order valence-electron chi connectivity index (χ3n) is 11.3. The fourth-order valence-electron chi connectivity index (χ4n) is 9.32. The molecule has 0 saturated heterocycles. The van der Waals surface area contributed by atoms with Crippen LogP contribution in [0.25, 0.3) is 42.4 Å². The topological polar surface area (TPSA) is 21.7 Å². The van der Waals surface area contributed by atoms with Gasteiger partial charge in [0.1, 0.15) is 0 Å². The minimum absolute atomic E-state index is 0.453. The van der Waals surface area contributed by atoms with E-state index in [4.69, 9.17) is 9.47 Å². The summed E-state index contributed by atoms with van der Waals surface area (Å²) < 4.78 is 16.7. The van der Waals surface area contributed by atoms with Crippen LogP contribution in [0.2, 0.25) is 0 Å². The van der Waals surface area contributed by atoms with E-state index in [1.807, 2.05) is 17.4 Å². The minimum atomic E-state index is -0.453. The smallest absolute Gasteiger partial charge is 0.194 e.